The molecule has 0 aliphatic heterocycles. The van der Waals surface area contributed by atoms with Crippen molar-refractivity contribution in [2.45, 2.75) is 20.4 Å². The second-order valence-electron chi connectivity index (χ2n) is 6.21. The SMILES string of the molecule is Cc1nn(Cc2cccc(F)c2)c(C)c1NC(=O)c1ccc(Cl)c([N+](=O)[O-])c1. The van der Waals surface area contributed by atoms with E-state index in [4.69, 9.17) is 11.6 Å². The molecule has 3 aromatic rings. The van der Waals surface area contributed by atoms with Crippen LogP contribution in [-0.2, 0) is 6.54 Å². The van der Waals surface area contributed by atoms with Crippen LogP contribution in [0.15, 0.2) is 42.5 Å². The highest BCUT2D eigenvalue weighted by Gasteiger charge is 2.19. The number of carbonyl (C=O) groups excluding carboxylic acids is 1. The third kappa shape index (κ3) is 4.01. The molecule has 2 aromatic carbocycles. The lowest BCUT2D eigenvalue weighted by Gasteiger charge is -2.08. The first-order valence-electron chi connectivity index (χ1n) is 8.30. The first-order valence-corrected chi connectivity index (χ1v) is 8.68. The Morgan fingerprint density at radius 1 is 1.29 bits per heavy atom. The number of nitro groups is 1. The smallest absolute Gasteiger partial charge is 0.288 e. The van der Waals surface area contributed by atoms with Crippen LogP contribution in [0.1, 0.15) is 27.3 Å². The Balaban J connectivity index is 1.85. The number of halogens is 2. The number of rotatable bonds is 5. The molecule has 28 heavy (non-hydrogen) atoms. The molecule has 1 aromatic heterocycles. The molecule has 0 radical (unpaired) electrons. The average Bonchev–Trinajstić information content (AvgIpc) is 2.89. The minimum Gasteiger partial charge on any atom is -0.319 e. The van der Waals surface area contributed by atoms with Gasteiger partial charge >= 0.3 is 0 Å². The highest BCUT2D eigenvalue weighted by Crippen LogP contribution is 2.26. The molecule has 1 N–H and O–H groups in total. The van der Waals surface area contributed by atoms with Crippen LogP contribution in [0.3, 0.4) is 0 Å². The molecule has 0 bridgehead atoms. The number of benzene rings is 2. The molecular formula is C19H16ClFN4O3. The number of nitrogens with zero attached hydrogens (tertiary/aromatic N) is 3. The van der Waals surface area contributed by atoms with Crippen LogP contribution in [0.25, 0.3) is 0 Å². The molecule has 0 atom stereocenters. The molecule has 0 saturated heterocycles. The van der Waals surface area contributed by atoms with Crippen molar-refractivity contribution in [1.29, 1.82) is 0 Å². The van der Waals surface area contributed by atoms with Crippen molar-refractivity contribution in [2.75, 3.05) is 5.32 Å². The van der Waals surface area contributed by atoms with E-state index in [0.29, 0.717) is 23.6 Å². The van der Waals surface area contributed by atoms with Crippen LogP contribution < -0.4 is 5.32 Å². The van der Waals surface area contributed by atoms with Crippen LogP contribution in [0.4, 0.5) is 15.8 Å². The summed E-state index contributed by atoms with van der Waals surface area (Å²) in [5, 5.41) is 18.1. The lowest BCUT2D eigenvalue weighted by Crippen LogP contribution is -2.13. The number of amides is 1. The van der Waals surface area contributed by atoms with Gasteiger partial charge in [-0.3, -0.25) is 19.6 Å². The second kappa shape index (κ2) is 7.77. The van der Waals surface area contributed by atoms with Crippen molar-refractivity contribution in [3.8, 4) is 0 Å². The topological polar surface area (TPSA) is 90.1 Å². The fourth-order valence-electron chi connectivity index (χ4n) is 2.82. The standard InChI is InChI=1S/C19H16ClFN4O3/c1-11-18(12(2)24(23-11)10-13-4-3-5-15(21)8-13)22-19(26)14-6-7-16(20)17(9-14)25(27)28/h3-9H,10H2,1-2H3,(H,22,26). The van der Waals surface area contributed by atoms with E-state index < -0.39 is 10.8 Å². The van der Waals surface area contributed by atoms with Crippen LogP contribution in [0.2, 0.25) is 5.02 Å². The summed E-state index contributed by atoms with van der Waals surface area (Å²) in [6, 6.07) is 10.0. The van der Waals surface area contributed by atoms with Gasteiger partial charge in [-0.15, -0.1) is 0 Å². The minimum atomic E-state index is -0.646. The van der Waals surface area contributed by atoms with E-state index in [0.717, 1.165) is 11.6 Å². The van der Waals surface area contributed by atoms with Crippen molar-refractivity contribution in [3.05, 3.63) is 85.9 Å². The third-order valence-electron chi connectivity index (χ3n) is 4.25. The Bertz CT molecular complexity index is 1080. The molecule has 1 amide bonds. The number of aromatic nitrogens is 2. The van der Waals surface area contributed by atoms with Crippen molar-refractivity contribution in [3.63, 3.8) is 0 Å². The first kappa shape index (κ1) is 19.5. The maximum atomic E-state index is 13.4. The first-order chi connectivity index (χ1) is 13.3. The van der Waals surface area contributed by atoms with E-state index in [9.17, 15) is 19.3 Å². The fourth-order valence-corrected chi connectivity index (χ4v) is 3.01. The van der Waals surface area contributed by atoms with Gasteiger partial charge in [0.05, 0.1) is 28.5 Å². The van der Waals surface area contributed by atoms with Crippen molar-refractivity contribution >= 4 is 28.9 Å². The van der Waals surface area contributed by atoms with E-state index in [2.05, 4.69) is 10.4 Å². The monoisotopic (exact) mass is 402 g/mol. The van der Waals surface area contributed by atoms with E-state index in [1.807, 2.05) is 0 Å². The maximum absolute atomic E-state index is 13.4. The molecular weight excluding hydrogens is 387 g/mol. The van der Waals surface area contributed by atoms with Crippen LogP contribution in [0, 0.1) is 29.8 Å². The van der Waals surface area contributed by atoms with Crippen molar-refractivity contribution < 1.29 is 14.1 Å². The minimum absolute atomic E-state index is 0.0446. The number of nitro benzene ring substituents is 1. The fraction of sp³-hybridized carbons (Fsp3) is 0.158. The molecule has 0 aliphatic carbocycles. The zero-order valence-corrected chi connectivity index (χ0v) is 15.8. The summed E-state index contributed by atoms with van der Waals surface area (Å²) in [4.78, 5) is 22.9. The summed E-state index contributed by atoms with van der Waals surface area (Å²) in [6.07, 6.45) is 0. The maximum Gasteiger partial charge on any atom is 0.288 e. The van der Waals surface area contributed by atoms with Gasteiger partial charge in [0.1, 0.15) is 10.8 Å². The summed E-state index contributed by atoms with van der Waals surface area (Å²) in [5.41, 5.74) is 2.25. The molecule has 0 spiro atoms. The largest absolute Gasteiger partial charge is 0.319 e. The normalized spacial score (nSPS) is 10.7. The molecule has 144 valence electrons. The van der Waals surface area contributed by atoms with Gasteiger partial charge in [-0.2, -0.15) is 5.10 Å². The van der Waals surface area contributed by atoms with Gasteiger partial charge in [-0.05, 0) is 43.7 Å². The molecule has 0 fully saturated rings. The summed E-state index contributed by atoms with van der Waals surface area (Å²) in [7, 11) is 0. The van der Waals surface area contributed by atoms with Gasteiger partial charge in [0.25, 0.3) is 11.6 Å². The number of aryl methyl sites for hydroxylation is 1. The van der Waals surface area contributed by atoms with Gasteiger partial charge in [-0.1, -0.05) is 23.7 Å². The van der Waals surface area contributed by atoms with Crippen LogP contribution in [0.5, 0.6) is 0 Å². The molecule has 7 nitrogen and oxygen atoms in total. The van der Waals surface area contributed by atoms with Gasteiger partial charge in [0.2, 0.25) is 0 Å². The van der Waals surface area contributed by atoms with Crippen LogP contribution in [-0.4, -0.2) is 20.6 Å². The van der Waals surface area contributed by atoms with Gasteiger partial charge < -0.3 is 5.32 Å². The van der Waals surface area contributed by atoms with Gasteiger partial charge in [0.15, 0.2) is 0 Å². The van der Waals surface area contributed by atoms with E-state index in [-0.39, 0.29) is 22.1 Å². The number of nitrogens with one attached hydrogen (secondary N) is 1. The Morgan fingerprint density at radius 2 is 2.04 bits per heavy atom. The third-order valence-corrected chi connectivity index (χ3v) is 4.57. The Hall–Kier alpha value is -3.26. The lowest BCUT2D eigenvalue weighted by molar-refractivity contribution is -0.384. The molecule has 3 rings (SSSR count). The number of hydrogen-bond acceptors (Lipinski definition) is 4. The van der Waals surface area contributed by atoms with Gasteiger partial charge in [-0.25, -0.2) is 4.39 Å². The highest BCUT2D eigenvalue weighted by molar-refractivity contribution is 6.32. The predicted octanol–water partition coefficient (Wildman–Crippen LogP) is 4.50. The molecule has 9 heteroatoms. The Kier molecular flexibility index (Phi) is 5.41. The van der Waals surface area contributed by atoms with Crippen molar-refractivity contribution in [2.24, 2.45) is 0 Å². The summed E-state index contributed by atoms with van der Waals surface area (Å²) in [6.45, 7) is 3.85. The molecule has 0 aliphatic rings. The van der Waals surface area contributed by atoms with Crippen molar-refractivity contribution in [1.82, 2.24) is 9.78 Å². The summed E-state index contributed by atoms with van der Waals surface area (Å²) < 4.78 is 15.0. The molecule has 0 unspecified atom stereocenters. The quantitative estimate of drug-likeness (QED) is 0.502. The number of carbonyl (C=O) groups is 1. The van der Waals surface area contributed by atoms with Gasteiger partial charge in [0, 0.05) is 11.6 Å². The number of anilines is 1. The molecule has 1 heterocycles. The highest BCUT2D eigenvalue weighted by atomic mass is 35.5. The second-order valence-corrected chi connectivity index (χ2v) is 6.62. The molecule has 0 saturated carbocycles. The lowest BCUT2D eigenvalue weighted by atomic mass is 10.1. The van der Waals surface area contributed by atoms with E-state index in [1.165, 1.54) is 24.3 Å². The van der Waals surface area contributed by atoms with E-state index in [1.54, 1.807) is 30.7 Å². The van der Waals surface area contributed by atoms with E-state index >= 15 is 0 Å². The summed E-state index contributed by atoms with van der Waals surface area (Å²) in [5.74, 6) is -0.854. The average molecular weight is 403 g/mol. The zero-order chi connectivity index (χ0) is 20.4. The Labute approximate surface area is 164 Å². The summed E-state index contributed by atoms with van der Waals surface area (Å²) >= 11 is 5.78. The van der Waals surface area contributed by atoms with Crippen LogP contribution >= 0.6 is 11.6 Å². The zero-order valence-electron chi connectivity index (χ0n) is 15.1. The predicted molar refractivity (Wildman–Crippen MR) is 103 cm³/mol. The number of hydrogen-bond donors (Lipinski definition) is 1. The Morgan fingerprint density at radius 3 is 2.71 bits per heavy atom.